The van der Waals surface area contributed by atoms with Crippen LogP contribution in [0.15, 0.2) is 55.6 Å². The van der Waals surface area contributed by atoms with Crippen molar-refractivity contribution in [2.45, 2.75) is 13.1 Å². The molecule has 54 heavy (non-hydrogen) atoms. The van der Waals surface area contributed by atoms with Gasteiger partial charge in [-0.1, -0.05) is 58.5 Å². The summed E-state index contributed by atoms with van der Waals surface area (Å²) in [6.07, 6.45) is 0. The monoisotopic (exact) mass is 842 g/mol. The summed E-state index contributed by atoms with van der Waals surface area (Å²) >= 11 is 23.7. The van der Waals surface area contributed by atoms with Gasteiger partial charge in [0.15, 0.2) is 22.3 Å². The summed E-state index contributed by atoms with van der Waals surface area (Å²) in [4.78, 5) is 70.1. The van der Waals surface area contributed by atoms with E-state index in [0.717, 1.165) is 9.13 Å². The second-order valence-electron chi connectivity index (χ2n) is 11.2. The fourth-order valence-electron chi connectivity index (χ4n) is 5.13. The van der Waals surface area contributed by atoms with Crippen LogP contribution in [0.3, 0.4) is 0 Å². The maximum absolute atomic E-state index is 12.8. The van der Waals surface area contributed by atoms with Crippen LogP contribution in [0, 0.1) is 11.3 Å². The third-order valence-electron chi connectivity index (χ3n) is 7.69. The molecule has 19 nitrogen and oxygen atoms in total. The van der Waals surface area contributed by atoms with Gasteiger partial charge in [0.05, 0.1) is 33.2 Å². The molecule has 4 aromatic heterocycles. The molecule has 0 aliphatic carbocycles. The van der Waals surface area contributed by atoms with Gasteiger partial charge >= 0.3 is 21.8 Å². The van der Waals surface area contributed by atoms with Gasteiger partial charge in [-0.05, 0) is 35.4 Å². The predicted octanol–water partition coefficient (Wildman–Crippen LogP) is 1.90. The quantitative estimate of drug-likeness (QED) is 0.210. The van der Waals surface area contributed by atoms with Crippen LogP contribution in [-0.4, -0.2) is 60.8 Å². The molecule has 0 radical (unpaired) electrons. The predicted molar refractivity (Wildman–Crippen MR) is 199 cm³/mol. The van der Waals surface area contributed by atoms with Crippen molar-refractivity contribution < 1.29 is 22.3 Å². The van der Waals surface area contributed by atoms with Gasteiger partial charge in [-0.3, -0.25) is 41.8 Å². The summed E-state index contributed by atoms with van der Waals surface area (Å²) in [5.41, 5.74) is 4.92. The van der Waals surface area contributed by atoms with Gasteiger partial charge in [0.2, 0.25) is 11.6 Å². The summed E-state index contributed by atoms with van der Waals surface area (Å²) in [5, 5.41) is 10.5. The zero-order chi connectivity index (χ0) is 40.6. The number of hydrogen-bond acceptors (Lipinski definition) is 10. The van der Waals surface area contributed by atoms with Gasteiger partial charge in [0.25, 0.3) is 17.0 Å². The molecule has 2 aromatic carbocycles. The molecule has 6 rings (SSSR count). The fraction of sp³-hybridized carbons (Fsp3) is 0.200. The van der Waals surface area contributed by atoms with E-state index >= 15 is 0 Å². The lowest BCUT2D eigenvalue weighted by atomic mass is 10.2. The minimum atomic E-state index is -4.67. The van der Waals surface area contributed by atoms with E-state index in [2.05, 4.69) is 9.97 Å². The number of carbonyl (C=O) groups is 1. The number of carbonyl (C=O) groups excluding carboxylic acids is 1. The molecule has 4 heterocycles. The first-order valence-electron chi connectivity index (χ1n) is 14.7. The summed E-state index contributed by atoms with van der Waals surface area (Å²) in [7, 11) is 1.35. The molecule has 0 bridgehead atoms. The largest absolute Gasteiger partial charge is 0.394 e. The maximum atomic E-state index is 12.8. The Balaban J connectivity index is 0.000000214. The van der Waals surface area contributed by atoms with E-state index in [1.807, 2.05) is 6.07 Å². The highest BCUT2D eigenvalue weighted by atomic mass is 35.5. The lowest BCUT2D eigenvalue weighted by Gasteiger charge is -2.09. The Morgan fingerprint density at radius 1 is 0.722 bits per heavy atom. The number of amides is 1. The topological polar surface area (TPSA) is 265 Å². The number of imidazole rings is 2. The van der Waals surface area contributed by atoms with Crippen molar-refractivity contribution in [3.05, 3.63) is 121 Å². The van der Waals surface area contributed by atoms with E-state index in [9.17, 15) is 24.0 Å². The Morgan fingerprint density at radius 2 is 1.11 bits per heavy atom. The molecule has 0 aliphatic heterocycles. The van der Waals surface area contributed by atoms with Crippen molar-refractivity contribution in [1.29, 1.82) is 5.26 Å². The molecule has 1 amide bonds. The molecule has 284 valence electrons. The van der Waals surface area contributed by atoms with Crippen molar-refractivity contribution in [3.8, 4) is 6.07 Å². The molecule has 0 fully saturated rings. The van der Waals surface area contributed by atoms with E-state index in [0.29, 0.717) is 31.2 Å². The first-order chi connectivity index (χ1) is 25.1. The second-order valence-corrected chi connectivity index (χ2v) is 13.7. The zero-order valence-corrected chi connectivity index (χ0v) is 32.0. The lowest BCUT2D eigenvalue weighted by Crippen LogP contribution is -2.39. The third-order valence-corrected chi connectivity index (χ3v) is 9.17. The van der Waals surface area contributed by atoms with Crippen molar-refractivity contribution in [3.63, 3.8) is 0 Å². The molecular weight excluding hydrogens is 818 g/mol. The van der Waals surface area contributed by atoms with Crippen LogP contribution < -0.4 is 28.2 Å². The lowest BCUT2D eigenvalue weighted by molar-refractivity contribution is 0.0988. The van der Waals surface area contributed by atoms with Crippen molar-refractivity contribution in [1.82, 2.24) is 37.4 Å². The average Bonchev–Trinajstić information content (AvgIpc) is 3.62. The van der Waals surface area contributed by atoms with Crippen molar-refractivity contribution in [2.24, 2.45) is 33.9 Å². The van der Waals surface area contributed by atoms with E-state index < -0.39 is 38.8 Å². The van der Waals surface area contributed by atoms with Crippen LogP contribution >= 0.6 is 46.4 Å². The fourth-order valence-corrected chi connectivity index (χ4v) is 5.77. The minimum absolute atomic E-state index is 0.00454. The van der Waals surface area contributed by atoms with E-state index in [1.165, 1.54) is 39.4 Å². The number of nitrogens with two attached hydrogens (primary N) is 1. The Bertz CT molecular complexity index is 2890. The molecule has 4 N–H and O–H groups in total. The molecule has 0 spiro atoms. The van der Waals surface area contributed by atoms with Gasteiger partial charge in [0, 0.05) is 28.2 Å². The Hall–Kier alpha value is -5.27. The van der Waals surface area contributed by atoms with Gasteiger partial charge in [-0.2, -0.15) is 13.7 Å². The molecule has 0 aliphatic rings. The number of aryl methyl sites for hydroxylation is 4. The molecule has 0 unspecified atom stereocenters. The standard InChI is InChI=1S/C15H13Cl2N5O3.C15H11Cl2N5O2.H2O4S/c1-20-10-12(19-13(20)11(18)23)21(2)15(25)22(14(10)24)6-7-3-4-8(16)9(17)5-7;1-20-11(6-18)19-13-12(20)14(23)22(15(24)21(13)2)7-8-3-4-9(16)10(17)5-8;1-5(2,3)4/h3-5H,6H2,1-2H3,(H2,18,23);3-5H,7H2,1-2H3;(H2,1,2,3,4). The van der Waals surface area contributed by atoms with Crippen LogP contribution in [0.25, 0.3) is 22.3 Å². The van der Waals surface area contributed by atoms with E-state index in [4.69, 9.17) is 74.9 Å². The number of benzene rings is 2. The number of rotatable bonds is 5. The summed E-state index contributed by atoms with van der Waals surface area (Å²) < 4.78 is 38.8. The highest BCUT2D eigenvalue weighted by Gasteiger charge is 2.21. The number of nitrogens with zero attached hydrogens (tertiary/aromatic N) is 9. The first-order valence-corrected chi connectivity index (χ1v) is 17.6. The number of halogens is 4. The number of aromatic nitrogens is 8. The van der Waals surface area contributed by atoms with Crippen LogP contribution in [0.2, 0.25) is 20.1 Å². The highest BCUT2D eigenvalue weighted by molar-refractivity contribution is 7.79. The van der Waals surface area contributed by atoms with E-state index in [1.54, 1.807) is 43.4 Å². The summed E-state index contributed by atoms with van der Waals surface area (Å²) in [5.74, 6) is -0.833. The molecule has 0 saturated heterocycles. The first kappa shape index (κ1) is 41.5. The molecular formula is C30H26Cl4N10O9S. The smallest absolute Gasteiger partial charge is 0.363 e. The molecule has 0 atom stereocenters. The molecule has 0 saturated carbocycles. The number of nitriles is 1. The number of primary amides is 1. The summed E-state index contributed by atoms with van der Waals surface area (Å²) in [6, 6.07) is 11.6. The highest BCUT2D eigenvalue weighted by Crippen LogP contribution is 2.24. The third kappa shape index (κ3) is 8.58. The van der Waals surface area contributed by atoms with Gasteiger partial charge < -0.3 is 14.9 Å². The van der Waals surface area contributed by atoms with Gasteiger partial charge in [-0.15, -0.1) is 0 Å². The Kier molecular flexibility index (Phi) is 12.3. The maximum Gasteiger partial charge on any atom is 0.394 e. The zero-order valence-electron chi connectivity index (χ0n) is 28.2. The van der Waals surface area contributed by atoms with Crippen LogP contribution in [0.1, 0.15) is 27.6 Å². The molecule has 6 aromatic rings. The minimum Gasteiger partial charge on any atom is -0.363 e. The normalized spacial score (nSPS) is 11.1. The number of hydrogen-bond donors (Lipinski definition) is 3. The SMILES string of the molecule is Cn1c(C#N)nc2c1c(=O)n(Cc1ccc(Cl)c(Cl)c1)c(=O)n2C.Cn1c(C(N)=O)nc2c1c(=O)n(Cc1ccc(Cl)c(Cl)c1)c(=O)n2C.O=S(=O)(O)O. The van der Waals surface area contributed by atoms with Crippen LogP contribution in [-0.2, 0) is 51.7 Å². The van der Waals surface area contributed by atoms with Gasteiger partial charge in [-0.25, -0.2) is 19.6 Å². The van der Waals surface area contributed by atoms with E-state index in [-0.39, 0.29) is 47.1 Å². The average molecular weight is 844 g/mol. The Labute approximate surface area is 322 Å². The Morgan fingerprint density at radius 3 is 1.48 bits per heavy atom. The van der Waals surface area contributed by atoms with Crippen molar-refractivity contribution in [2.75, 3.05) is 0 Å². The second kappa shape index (κ2) is 16.0. The van der Waals surface area contributed by atoms with Crippen molar-refractivity contribution >= 4 is 85.0 Å². The number of fused-ring (bicyclic) bond motifs is 2. The summed E-state index contributed by atoms with van der Waals surface area (Å²) in [6.45, 7) is 0.0286. The molecule has 24 heteroatoms. The van der Waals surface area contributed by atoms with Gasteiger partial charge in [0.1, 0.15) is 6.07 Å². The van der Waals surface area contributed by atoms with Crippen LogP contribution in [0.5, 0.6) is 0 Å². The van der Waals surface area contributed by atoms with Crippen LogP contribution in [0.4, 0.5) is 0 Å².